The van der Waals surface area contributed by atoms with Crippen LogP contribution in [-0.4, -0.2) is 19.6 Å². The van der Waals surface area contributed by atoms with Gasteiger partial charge in [0.15, 0.2) is 11.6 Å². The van der Waals surface area contributed by atoms with Crippen LogP contribution in [-0.2, 0) is 4.79 Å². The van der Waals surface area contributed by atoms with E-state index in [9.17, 15) is 9.18 Å². The van der Waals surface area contributed by atoms with Crippen LogP contribution in [0.4, 0.5) is 4.39 Å². The highest BCUT2D eigenvalue weighted by Crippen LogP contribution is 2.23. The molecule has 0 aliphatic rings. The molecule has 106 valence electrons. The Hall–Kier alpha value is -1.62. The zero-order valence-corrected chi connectivity index (χ0v) is 11.8. The van der Waals surface area contributed by atoms with Crippen molar-refractivity contribution in [3.8, 4) is 5.75 Å². The third-order valence-electron chi connectivity index (χ3n) is 3.19. The molecule has 0 aliphatic heterocycles. The zero-order chi connectivity index (χ0) is 14.6. The number of carbonyl (C=O) groups excluding carboxylic acids is 1. The first-order chi connectivity index (χ1) is 8.77. The number of benzene rings is 1. The summed E-state index contributed by atoms with van der Waals surface area (Å²) in [7, 11) is 1.43. The van der Waals surface area contributed by atoms with Crippen molar-refractivity contribution in [3.05, 3.63) is 29.6 Å². The van der Waals surface area contributed by atoms with Gasteiger partial charge in [0.1, 0.15) is 0 Å². The lowest BCUT2D eigenvalue weighted by atomic mass is 9.92. The molecule has 1 atom stereocenters. The van der Waals surface area contributed by atoms with Crippen LogP contribution in [0.2, 0.25) is 0 Å². The first kappa shape index (κ1) is 15.4. The predicted octanol–water partition coefficient (Wildman–Crippen LogP) is 2.00. The summed E-state index contributed by atoms with van der Waals surface area (Å²) in [6, 6.07) is 4.66. The lowest BCUT2D eigenvalue weighted by Gasteiger charge is -2.24. The maximum atomic E-state index is 13.3. The van der Waals surface area contributed by atoms with E-state index in [1.165, 1.54) is 13.2 Å². The summed E-state index contributed by atoms with van der Waals surface area (Å²) < 4.78 is 18.3. The maximum absolute atomic E-state index is 13.3. The molecule has 0 saturated carbocycles. The van der Waals surface area contributed by atoms with Gasteiger partial charge in [-0.2, -0.15) is 0 Å². The van der Waals surface area contributed by atoms with Crippen LogP contribution in [0.3, 0.4) is 0 Å². The van der Waals surface area contributed by atoms with E-state index in [0.717, 1.165) is 5.56 Å². The molecule has 0 aliphatic carbocycles. The molecule has 0 radical (unpaired) electrons. The lowest BCUT2D eigenvalue weighted by Crippen LogP contribution is -2.41. The summed E-state index contributed by atoms with van der Waals surface area (Å²) in [6.45, 7) is 5.94. The fourth-order valence-corrected chi connectivity index (χ4v) is 1.56. The van der Waals surface area contributed by atoms with E-state index in [1.807, 2.05) is 6.92 Å². The van der Waals surface area contributed by atoms with Crippen LogP contribution in [0, 0.1) is 11.2 Å². The molecule has 1 aromatic carbocycles. The molecule has 0 saturated heterocycles. The van der Waals surface area contributed by atoms with Crippen molar-refractivity contribution in [2.75, 3.05) is 13.7 Å². The predicted molar refractivity (Wildman–Crippen MR) is 72.3 cm³/mol. The molecule has 1 aromatic rings. The summed E-state index contributed by atoms with van der Waals surface area (Å²) in [4.78, 5) is 11.2. The normalized spacial score (nSPS) is 13.1. The topological polar surface area (TPSA) is 64.3 Å². The molecule has 1 unspecified atom stereocenters. The van der Waals surface area contributed by atoms with Crippen molar-refractivity contribution in [3.63, 3.8) is 0 Å². The van der Waals surface area contributed by atoms with Crippen molar-refractivity contribution in [2.45, 2.75) is 26.8 Å². The van der Waals surface area contributed by atoms with Gasteiger partial charge in [-0.25, -0.2) is 4.39 Å². The molecule has 0 heterocycles. The SMILES string of the molecule is COc1cc(C(C)NCC(C)(C)C(N)=O)ccc1F. The monoisotopic (exact) mass is 268 g/mol. The van der Waals surface area contributed by atoms with Crippen LogP contribution < -0.4 is 15.8 Å². The quantitative estimate of drug-likeness (QED) is 0.829. The number of nitrogens with one attached hydrogen (secondary N) is 1. The summed E-state index contributed by atoms with van der Waals surface area (Å²) in [5.41, 5.74) is 5.57. The second-order valence-electron chi connectivity index (χ2n) is 5.24. The molecule has 0 aromatic heterocycles. The fourth-order valence-electron chi connectivity index (χ4n) is 1.56. The van der Waals surface area contributed by atoms with Gasteiger partial charge in [-0.3, -0.25) is 4.79 Å². The number of rotatable bonds is 6. The molecular weight excluding hydrogens is 247 g/mol. The highest BCUT2D eigenvalue weighted by atomic mass is 19.1. The maximum Gasteiger partial charge on any atom is 0.224 e. The minimum Gasteiger partial charge on any atom is -0.494 e. The van der Waals surface area contributed by atoms with Crippen LogP contribution in [0.5, 0.6) is 5.75 Å². The lowest BCUT2D eigenvalue weighted by molar-refractivity contribution is -0.125. The Balaban J connectivity index is 2.73. The van der Waals surface area contributed by atoms with Crippen molar-refractivity contribution in [1.82, 2.24) is 5.32 Å². The number of nitrogens with two attached hydrogens (primary N) is 1. The Morgan fingerprint density at radius 3 is 2.68 bits per heavy atom. The average molecular weight is 268 g/mol. The number of carbonyl (C=O) groups is 1. The number of ether oxygens (including phenoxy) is 1. The van der Waals surface area contributed by atoms with E-state index in [1.54, 1.807) is 26.0 Å². The summed E-state index contributed by atoms with van der Waals surface area (Å²) in [6.07, 6.45) is 0. The first-order valence-electron chi connectivity index (χ1n) is 6.14. The van der Waals surface area contributed by atoms with E-state index in [2.05, 4.69) is 5.32 Å². The molecule has 0 fully saturated rings. The zero-order valence-electron chi connectivity index (χ0n) is 11.8. The summed E-state index contributed by atoms with van der Waals surface area (Å²) in [5.74, 6) is -0.542. The van der Waals surface area contributed by atoms with Crippen LogP contribution in [0.15, 0.2) is 18.2 Å². The Morgan fingerprint density at radius 2 is 2.16 bits per heavy atom. The van der Waals surface area contributed by atoms with Crippen molar-refractivity contribution >= 4 is 5.91 Å². The smallest absolute Gasteiger partial charge is 0.224 e. The highest BCUT2D eigenvalue weighted by molar-refractivity contribution is 5.80. The van der Waals surface area contributed by atoms with E-state index in [4.69, 9.17) is 10.5 Å². The van der Waals surface area contributed by atoms with Crippen LogP contribution in [0.25, 0.3) is 0 Å². The number of hydrogen-bond acceptors (Lipinski definition) is 3. The van der Waals surface area contributed by atoms with Gasteiger partial charge in [0.2, 0.25) is 5.91 Å². The Labute approximate surface area is 113 Å². The van der Waals surface area contributed by atoms with E-state index < -0.39 is 11.2 Å². The first-order valence-corrected chi connectivity index (χ1v) is 6.14. The van der Waals surface area contributed by atoms with Crippen molar-refractivity contribution < 1.29 is 13.9 Å². The number of primary amides is 1. The van der Waals surface area contributed by atoms with Gasteiger partial charge < -0.3 is 15.8 Å². The van der Waals surface area contributed by atoms with Gasteiger partial charge in [-0.1, -0.05) is 6.07 Å². The number of halogens is 1. The second-order valence-corrected chi connectivity index (χ2v) is 5.24. The van der Waals surface area contributed by atoms with Crippen molar-refractivity contribution in [1.29, 1.82) is 0 Å². The van der Waals surface area contributed by atoms with Gasteiger partial charge in [0, 0.05) is 12.6 Å². The standard InChI is InChI=1S/C14H21FN2O2/c1-9(17-8-14(2,3)13(16)18)10-5-6-11(15)12(7-10)19-4/h5-7,9,17H,8H2,1-4H3,(H2,16,18). The molecule has 5 heteroatoms. The second kappa shape index (κ2) is 6.02. The van der Waals surface area contributed by atoms with E-state index >= 15 is 0 Å². The molecule has 19 heavy (non-hydrogen) atoms. The van der Waals surface area contributed by atoms with E-state index in [0.29, 0.717) is 6.54 Å². The number of amides is 1. The van der Waals surface area contributed by atoms with Crippen LogP contribution in [0.1, 0.15) is 32.4 Å². The number of hydrogen-bond donors (Lipinski definition) is 2. The average Bonchev–Trinajstić information content (AvgIpc) is 2.36. The van der Waals surface area contributed by atoms with E-state index in [-0.39, 0.29) is 17.7 Å². The molecule has 1 rings (SSSR count). The largest absolute Gasteiger partial charge is 0.494 e. The van der Waals surface area contributed by atoms with Gasteiger partial charge in [0.05, 0.1) is 12.5 Å². The molecule has 0 bridgehead atoms. The molecule has 1 amide bonds. The Bertz CT molecular complexity index is 461. The van der Waals surface area contributed by atoms with Gasteiger partial charge in [-0.05, 0) is 38.5 Å². The Morgan fingerprint density at radius 1 is 1.53 bits per heavy atom. The molecule has 4 nitrogen and oxygen atoms in total. The molecular formula is C14H21FN2O2. The summed E-state index contributed by atoms with van der Waals surface area (Å²) >= 11 is 0. The van der Waals surface area contributed by atoms with Gasteiger partial charge in [0.25, 0.3) is 0 Å². The Kier molecular flexibility index (Phi) is 4.89. The minimum absolute atomic E-state index is 0.0341. The van der Waals surface area contributed by atoms with Gasteiger partial charge in [-0.15, -0.1) is 0 Å². The van der Waals surface area contributed by atoms with Crippen molar-refractivity contribution in [2.24, 2.45) is 11.1 Å². The third kappa shape index (κ3) is 3.92. The fraction of sp³-hybridized carbons (Fsp3) is 0.500. The third-order valence-corrected chi connectivity index (χ3v) is 3.19. The minimum atomic E-state index is -0.627. The highest BCUT2D eigenvalue weighted by Gasteiger charge is 2.25. The summed E-state index contributed by atoms with van der Waals surface area (Å²) in [5, 5.41) is 3.21. The number of methoxy groups -OCH3 is 1. The van der Waals surface area contributed by atoms with Gasteiger partial charge >= 0.3 is 0 Å². The molecule has 3 N–H and O–H groups in total. The van der Waals surface area contributed by atoms with Crippen LogP contribution >= 0.6 is 0 Å². The molecule has 0 spiro atoms.